The van der Waals surface area contributed by atoms with Crippen LogP contribution >= 0.6 is 0 Å². The van der Waals surface area contributed by atoms with Crippen LogP contribution in [0.4, 0.5) is 0 Å². The molecule has 0 saturated heterocycles. The van der Waals surface area contributed by atoms with E-state index in [0.717, 1.165) is 11.1 Å². The van der Waals surface area contributed by atoms with Gasteiger partial charge in [0.15, 0.2) is 0 Å². The Morgan fingerprint density at radius 1 is 0.607 bits per heavy atom. The molecule has 0 amide bonds. The second-order valence-electron chi connectivity index (χ2n) is 5.40. The number of allylic oxidation sites excluding steroid dienone is 2. The lowest BCUT2D eigenvalue weighted by Crippen LogP contribution is -2.08. The average molecular weight is 366 g/mol. The summed E-state index contributed by atoms with van der Waals surface area (Å²) in [7, 11) is 0. The molecule has 0 fully saturated rings. The molecule has 0 spiro atoms. The zero-order valence-electron chi connectivity index (χ0n) is 14.8. The fourth-order valence-electron chi connectivity index (χ4n) is 2.15. The van der Waals surface area contributed by atoms with Crippen LogP contribution in [-0.4, -0.2) is 13.2 Å². The van der Waals surface area contributed by atoms with Gasteiger partial charge in [0.25, 0.3) is 0 Å². The van der Waals surface area contributed by atoms with Crippen molar-refractivity contribution in [3.63, 3.8) is 0 Å². The van der Waals surface area contributed by atoms with Crippen LogP contribution in [0, 0.1) is 45.3 Å². The van der Waals surface area contributed by atoms with Crippen LogP contribution in [0.15, 0.2) is 59.7 Å². The van der Waals surface area contributed by atoms with Gasteiger partial charge < -0.3 is 9.47 Å². The van der Waals surface area contributed by atoms with Crippen molar-refractivity contribution in [3.8, 4) is 35.8 Å². The second-order valence-corrected chi connectivity index (χ2v) is 5.40. The first-order valence-electron chi connectivity index (χ1n) is 8.18. The quantitative estimate of drug-likeness (QED) is 0.540. The van der Waals surface area contributed by atoms with Crippen LogP contribution in [0.3, 0.4) is 0 Å². The molecule has 0 aromatic heterocycles. The maximum Gasteiger partial charge on any atom is 0.130 e. The van der Waals surface area contributed by atoms with Crippen molar-refractivity contribution in [2.45, 2.75) is 0 Å². The standard InChI is InChI=1S/C22H14N4O2/c23-13-19(14-24)11-17-1-5-21(6-2-17)27-9-10-28-22-7-3-18(4-8-22)12-20(15-25)16-26/h1-8,11-12H,9-10H2. The monoisotopic (exact) mass is 366 g/mol. The number of rotatable bonds is 7. The Bertz CT molecular complexity index is 919. The fourth-order valence-corrected chi connectivity index (χ4v) is 2.15. The summed E-state index contributed by atoms with van der Waals surface area (Å²) in [6.07, 6.45) is 3.00. The van der Waals surface area contributed by atoms with Gasteiger partial charge in [0.05, 0.1) is 0 Å². The SMILES string of the molecule is N#CC(C#N)=Cc1ccc(OCCOc2ccc(C=C(C#N)C#N)cc2)cc1. The Hall–Kier alpha value is -4.52. The van der Waals surface area contributed by atoms with Crippen LogP contribution in [0.5, 0.6) is 11.5 Å². The van der Waals surface area contributed by atoms with Crippen molar-refractivity contribution in [1.82, 2.24) is 0 Å². The lowest BCUT2D eigenvalue weighted by atomic mass is 10.1. The van der Waals surface area contributed by atoms with E-state index in [0.29, 0.717) is 24.7 Å². The topological polar surface area (TPSA) is 114 Å². The Morgan fingerprint density at radius 3 is 1.21 bits per heavy atom. The predicted octanol–water partition coefficient (Wildman–Crippen LogP) is 4.01. The molecular weight excluding hydrogens is 352 g/mol. The Balaban J connectivity index is 1.82. The van der Waals surface area contributed by atoms with Gasteiger partial charge in [-0.1, -0.05) is 24.3 Å². The largest absolute Gasteiger partial charge is 0.490 e. The first kappa shape index (κ1) is 19.8. The lowest BCUT2D eigenvalue weighted by molar-refractivity contribution is 0.217. The molecule has 28 heavy (non-hydrogen) atoms. The highest BCUT2D eigenvalue weighted by molar-refractivity contribution is 5.63. The third-order valence-corrected chi connectivity index (χ3v) is 3.48. The number of hydrogen-bond donors (Lipinski definition) is 0. The molecule has 6 heteroatoms. The van der Waals surface area contributed by atoms with Crippen molar-refractivity contribution >= 4 is 12.2 Å². The third kappa shape index (κ3) is 6.08. The van der Waals surface area contributed by atoms with Crippen molar-refractivity contribution in [2.75, 3.05) is 13.2 Å². The molecule has 6 nitrogen and oxygen atoms in total. The molecule has 0 N–H and O–H groups in total. The van der Waals surface area contributed by atoms with Gasteiger partial charge >= 0.3 is 0 Å². The fraction of sp³-hybridized carbons (Fsp3) is 0.0909. The molecule has 0 unspecified atom stereocenters. The molecule has 0 radical (unpaired) electrons. The predicted molar refractivity (Wildman–Crippen MR) is 102 cm³/mol. The molecule has 0 heterocycles. The van der Waals surface area contributed by atoms with Gasteiger partial charge in [-0.25, -0.2) is 0 Å². The summed E-state index contributed by atoms with van der Waals surface area (Å²) in [5.41, 5.74) is 1.57. The minimum atomic E-state index is 0.0417. The van der Waals surface area contributed by atoms with E-state index in [2.05, 4.69) is 0 Å². The van der Waals surface area contributed by atoms with Crippen molar-refractivity contribution in [2.24, 2.45) is 0 Å². The molecule has 0 aliphatic carbocycles. The molecule has 0 saturated carbocycles. The minimum absolute atomic E-state index is 0.0417. The van der Waals surface area contributed by atoms with E-state index < -0.39 is 0 Å². The number of hydrogen-bond acceptors (Lipinski definition) is 6. The third-order valence-electron chi connectivity index (χ3n) is 3.48. The second kappa shape index (κ2) is 10.5. The number of ether oxygens (including phenoxy) is 2. The molecule has 0 aliphatic rings. The van der Waals surface area contributed by atoms with Gasteiger partial charge in [0.1, 0.15) is 60.1 Å². The Kier molecular flexibility index (Phi) is 7.40. The number of nitrogens with zero attached hydrogens (tertiary/aromatic N) is 4. The Morgan fingerprint density at radius 2 is 0.929 bits per heavy atom. The van der Waals surface area contributed by atoms with Gasteiger partial charge in [-0.3, -0.25) is 0 Å². The summed E-state index contributed by atoms with van der Waals surface area (Å²) >= 11 is 0. The zero-order chi connectivity index (χ0) is 20.2. The molecule has 2 aromatic carbocycles. The molecule has 2 aromatic rings. The van der Waals surface area contributed by atoms with E-state index in [4.69, 9.17) is 30.5 Å². The van der Waals surface area contributed by atoms with Crippen molar-refractivity contribution in [1.29, 1.82) is 21.0 Å². The first-order chi connectivity index (χ1) is 13.7. The Labute approximate surface area is 163 Å². The van der Waals surface area contributed by atoms with Crippen molar-refractivity contribution < 1.29 is 9.47 Å². The summed E-state index contributed by atoms with van der Waals surface area (Å²) < 4.78 is 11.2. The summed E-state index contributed by atoms with van der Waals surface area (Å²) in [6, 6.07) is 21.3. The summed E-state index contributed by atoms with van der Waals surface area (Å²) in [5.74, 6) is 1.30. The number of nitriles is 4. The minimum Gasteiger partial charge on any atom is -0.490 e. The highest BCUT2D eigenvalue weighted by atomic mass is 16.5. The van der Waals surface area contributed by atoms with Crippen LogP contribution in [0.2, 0.25) is 0 Å². The summed E-state index contributed by atoms with van der Waals surface area (Å²) in [4.78, 5) is 0. The zero-order valence-corrected chi connectivity index (χ0v) is 14.8. The van der Waals surface area contributed by atoms with Crippen molar-refractivity contribution in [3.05, 3.63) is 70.8 Å². The highest BCUT2D eigenvalue weighted by Gasteiger charge is 1.99. The van der Waals surface area contributed by atoms with E-state index in [-0.39, 0.29) is 11.1 Å². The van der Waals surface area contributed by atoms with Crippen LogP contribution in [-0.2, 0) is 0 Å². The molecule has 0 atom stereocenters. The highest BCUT2D eigenvalue weighted by Crippen LogP contribution is 2.16. The molecule has 134 valence electrons. The van der Waals surface area contributed by atoms with E-state index in [9.17, 15) is 0 Å². The van der Waals surface area contributed by atoms with Gasteiger partial charge in [0.2, 0.25) is 0 Å². The van der Waals surface area contributed by atoms with Gasteiger partial charge in [0, 0.05) is 0 Å². The van der Waals surface area contributed by atoms with E-state index >= 15 is 0 Å². The van der Waals surface area contributed by atoms with Crippen LogP contribution in [0.25, 0.3) is 12.2 Å². The average Bonchev–Trinajstić information content (AvgIpc) is 2.75. The lowest BCUT2D eigenvalue weighted by Gasteiger charge is -2.09. The van der Waals surface area contributed by atoms with Crippen LogP contribution in [0.1, 0.15) is 11.1 Å². The van der Waals surface area contributed by atoms with E-state index in [1.165, 1.54) is 12.2 Å². The first-order valence-corrected chi connectivity index (χ1v) is 8.18. The summed E-state index contributed by atoms with van der Waals surface area (Å²) in [6.45, 7) is 0.678. The van der Waals surface area contributed by atoms with E-state index in [1.807, 2.05) is 24.3 Å². The molecule has 0 aliphatic heterocycles. The normalized spacial score (nSPS) is 8.86. The smallest absolute Gasteiger partial charge is 0.130 e. The maximum atomic E-state index is 8.75. The number of benzene rings is 2. The molecule has 0 bridgehead atoms. The van der Waals surface area contributed by atoms with Gasteiger partial charge in [-0.05, 0) is 47.5 Å². The molecule has 2 rings (SSSR count). The van der Waals surface area contributed by atoms with Gasteiger partial charge in [-0.15, -0.1) is 0 Å². The van der Waals surface area contributed by atoms with Crippen LogP contribution < -0.4 is 9.47 Å². The van der Waals surface area contributed by atoms with E-state index in [1.54, 1.807) is 48.5 Å². The summed E-state index contributed by atoms with van der Waals surface area (Å²) in [5, 5.41) is 35.0. The maximum absolute atomic E-state index is 8.75. The molecular formula is C22H14N4O2. The van der Waals surface area contributed by atoms with Gasteiger partial charge in [-0.2, -0.15) is 21.0 Å².